The van der Waals surface area contributed by atoms with Gasteiger partial charge in [-0.15, -0.1) is 21.6 Å². The van der Waals surface area contributed by atoms with E-state index in [4.69, 9.17) is 4.74 Å². The van der Waals surface area contributed by atoms with E-state index in [1.165, 1.54) is 28.2 Å². The Bertz CT molecular complexity index is 1450. The Hall–Kier alpha value is -4.31. The van der Waals surface area contributed by atoms with Crippen LogP contribution in [0.25, 0.3) is 22.1 Å². The second-order valence-electron chi connectivity index (χ2n) is 7.09. The number of carboxylic acids is 1. The van der Waals surface area contributed by atoms with E-state index in [0.29, 0.717) is 29.6 Å². The van der Waals surface area contributed by atoms with Crippen LogP contribution in [0, 0.1) is 0 Å². The molecule has 3 heterocycles. The van der Waals surface area contributed by atoms with Gasteiger partial charge in [0, 0.05) is 17.4 Å². The second kappa shape index (κ2) is 8.67. The highest BCUT2D eigenvalue weighted by atomic mass is 32.1. The predicted octanol–water partition coefficient (Wildman–Crippen LogP) is 5.16. The minimum atomic E-state index is -1.13. The minimum Gasteiger partial charge on any atom is -0.491 e. The molecule has 0 amide bonds. The van der Waals surface area contributed by atoms with Gasteiger partial charge in [-0.3, -0.25) is 9.89 Å². The van der Waals surface area contributed by atoms with E-state index < -0.39 is 11.5 Å². The number of carbonyl (C=O) groups is 1. The summed E-state index contributed by atoms with van der Waals surface area (Å²) in [6, 6.07) is 15.9. The molecular formula is C23H17N5O4S. The first-order valence-corrected chi connectivity index (χ1v) is 10.9. The number of benzene rings is 2. The molecule has 1 aliphatic heterocycles. The van der Waals surface area contributed by atoms with Crippen molar-refractivity contribution in [2.24, 2.45) is 10.2 Å². The Morgan fingerprint density at radius 1 is 1.12 bits per heavy atom. The molecule has 10 heteroatoms. The van der Waals surface area contributed by atoms with Crippen molar-refractivity contribution in [1.82, 2.24) is 14.8 Å². The minimum absolute atomic E-state index is 0.0116. The molecule has 0 aliphatic carbocycles. The molecule has 0 spiro atoms. The van der Waals surface area contributed by atoms with Crippen molar-refractivity contribution >= 4 is 34.4 Å². The zero-order valence-electron chi connectivity index (χ0n) is 17.1. The van der Waals surface area contributed by atoms with Gasteiger partial charge in [0.2, 0.25) is 5.13 Å². The summed E-state index contributed by atoms with van der Waals surface area (Å²) >= 11 is 1.31. The maximum Gasteiger partial charge on any atom is 0.337 e. The van der Waals surface area contributed by atoms with Gasteiger partial charge in [0.15, 0.2) is 5.69 Å². The number of nitrogens with one attached hydrogen (secondary N) is 1. The van der Waals surface area contributed by atoms with Crippen molar-refractivity contribution < 1.29 is 14.6 Å². The topological polar surface area (TPSA) is 122 Å². The van der Waals surface area contributed by atoms with E-state index >= 15 is 0 Å². The number of azo groups is 1. The zero-order chi connectivity index (χ0) is 22.8. The number of H-pyrrole nitrogens is 1. The molecule has 0 unspecified atom stereocenters. The summed E-state index contributed by atoms with van der Waals surface area (Å²) in [6.45, 7) is 0.496. The average molecular weight is 459 g/mol. The number of thiazole rings is 1. The maximum absolute atomic E-state index is 13.3. The summed E-state index contributed by atoms with van der Waals surface area (Å²) in [5, 5.41) is 22.9. The number of aromatic carboxylic acids is 1. The number of carboxylic acid groups (broad SMARTS) is 1. The maximum atomic E-state index is 13.3. The van der Waals surface area contributed by atoms with Crippen LogP contribution in [0.4, 0.5) is 11.4 Å². The lowest BCUT2D eigenvalue weighted by atomic mass is 10.2. The van der Waals surface area contributed by atoms with Crippen molar-refractivity contribution in [2.45, 2.75) is 6.42 Å². The van der Waals surface area contributed by atoms with Gasteiger partial charge in [-0.2, -0.15) is 4.68 Å². The molecule has 9 nitrogen and oxygen atoms in total. The number of aromatic nitrogens is 3. The van der Waals surface area contributed by atoms with Crippen molar-refractivity contribution in [2.75, 3.05) is 6.61 Å². The summed E-state index contributed by atoms with van der Waals surface area (Å²) in [5.41, 5.74) is 1.73. The molecule has 0 radical (unpaired) electrons. The number of ether oxygens (including phenoxy) is 1. The third-order valence-electron chi connectivity index (χ3n) is 4.96. The Labute approximate surface area is 191 Å². The molecule has 0 atom stereocenters. The molecule has 0 saturated carbocycles. The van der Waals surface area contributed by atoms with Gasteiger partial charge in [0.1, 0.15) is 17.1 Å². The standard InChI is InChI=1S/C23H17N5O4S/c29-21-20(26-25-16-10-5-4-9-15(16)22(30)31)19(18-11-6-12-32-18)27-28(21)23-24-17(13-33-23)14-7-2-1-3-8-14/h1-5,7-11,13,27H,6,12H2,(H,30,31). The fourth-order valence-electron chi connectivity index (χ4n) is 3.37. The molecule has 0 fully saturated rings. The van der Waals surface area contributed by atoms with Gasteiger partial charge >= 0.3 is 11.5 Å². The smallest absolute Gasteiger partial charge is 0.337 e. The van der Waals surface area contributed by atoms with Crippen molar-refractivity contribution in [3.8, 4) is 16.4 Å². The van der Waals surface area contributed by atoms with Crippen molar-refractivity contribution in [1.29, 1.82) is 0 Å². The quantitative estimate of drug-likeness (QED) is 0.386. The number of nitrogens with zero attached hydrogens (tertiary/aromatic N) is 4. The Morgan fingerprint density at radius 2 is 1.91 bits per heavy atom. The highest BCUT2D eigenvalue weighted by Gasteiger charge is 2.23. The van der Waals surface area contributed by atoms with Gasteiger partial charge in [0.25, 0.3) is 0 Å². The average Bonchev–Trinajstić information content (AvgIpc) is 3.59. The van der Waals surface area contributed by atoms with Crippen molar-refractivity contribution in [3.63, 3.8) is 0 Å². The molecule has 5 rings (SSSR count). The Balaban J connectivity index is 1.59. The lowest BCUT2D eigenvalue weighted by molar-refractivity contribution is 0.0697. The monoisotopic (exact) mass is 459 g/mol. The number of aromatic amines is 1. The molecule has 2 N–H and O–H groups in total. The lowest BCUT2D eigenvalue weighted by Gasteiger charge is -2.01. The van der Waals surface area contributed by atoms with Gasteiger partial charge < -0.3 is 9.84 Å². The summed E-state index contributed by atoms with van der Waals surface area (Å²) in [6.07, 6.45) is 2.56. The lowest BCUT2D eigenvalue weighted by Crippen LogP contribution is -2.13. The van der Waals surface area contributed by atoms with Crippen LogP contribution in [-0.4, -0.2) is 32.4 Å². The first-order valence-electron chi connectivity index (χ1n) is 10.1. The van der Waals surface area contributed by atoms with Crippen LogP contribution < -0.4 is 5.56 Å². The Kier molecular flexibility index (Phi) is 5.41. The molecular weight excluding hydrogens is 442 g/mol. The Morgan fingerprint density at radius 3 is 2.67 bits per heavy atom. The molecule has 2 aromatic carbocycles. The number of hydrogen-bond donors (Lipinski definition) is 2. The van der Waals surface area contributed by atoms with Crippen LogP contribution in [0.1, 0.15) is 22.5 Å². The molecule has 164 valence electrons. The molecule has 1 aliphatic rings. The fraction of sp³-hybridized carbons (Fsp3) is 0.0870. The first kappa shape index (κ1) is 20.6. The van der Waals surface area contributed by atoms with E-state index in [2.05, 4.69) is 20.3 Å². The molecule has 0 saturated heterocycles. The van der Waals surface area contributed by atoms with Crippen molar-refractivity contribution in [3.05, 3.63) is 87.7 Å². The van der Waals surface area contributed by atoms with Crippen LogP contribution in [0.5, 0.6) is 0 Å². The van der Waals surface area contributed by atoms with Gasteiger partial charge in [-0.1, -0.05) is 42.5 Å². The van der Waals surface area contributed by atoms with E-state index in [0.717, 1.165) is 11.3 Å². The molecule has 33 heavy (non-hydrogen) atoms. The van der Waals surface area contributed by atoms with E-state index in [-0.39, 0.29) is 16.9 Å². The van der Waals surface area contributed by atoms with Crippen LogP contribution >= 0.6 is 11.3 Å². The van der Waals surface area contributed by atoms with E-state index in [1.807, 2.05) is 41.8 Å². The van der Waals surface area contributed by atoms with Gasteiger partial charge in [-0.25, -0.2) is 9.78 Å². The normalized spacial score (nSPS) is 13.3. The number of hydrogen-bond acceptors (Lipinski definition) is 7. The SMILES string of the molecule is O=C(O)c1ccccc1N=Nc1c(C2=CCCO2)[nH]n(-c2nc(-c3ccccc3)cs2)c1=O. The zero-order valence-corrected chi connectivity index (χ0v) is 18.0. The molecule has 0 bridgehead atoms. The van der Waals surface area contributed by atoms with Crippen LogP contribution in [0.2, 0.25) is 0 Å². The van der Waals surface area contributed by atoms with E-state index in [9.17, 15) is 14.7 Å². The van der Waals surface area contributed by atoms with Gasteiger partial charge in [0.05, 0.1) is 17.9 Å². The summed E-state index contributed by atoms with van der Waals surface area (Å²) in [4.78, 5) is 29.3. The highest BCUT2D eigenvalue weighted by Crippen LogP contribution is 2.30. The third kappa shape index (κ3) is 3.99. The summed E-state index contributed by atoms with van der Waals surface area (Å²) in [5.74, 6) is -0.638. The summed E-state index contributed by atoms with van der Waals surface area (Å²) in [7, 11) is 0. The summed E-state index contributed by atoms with van der Waals surface area (Å²) < 4.78 is 6.94. The van der Waals surface area contributed by atoms with Crippen LogP contribution in [0.15, 0.2) is 81.1 Å². The van der Waals surface area contributed by atoms with E-state index in [1.54, 1.807) is 12.1 Å². The second-order valence-corrected chi connectivity index (χ2v) is 7.92. The third-order valence-corrected chi connectivity index (χ3v) is 5.79. The molecule has 2 aromatic heterocycles. The largest absolute Gasteiger partial charge is 0.491 e. The number of rotatable bonds is 6. The molecule has 4 aromatic rings. The van der Waals surface area contributed by atoms with Crippen LogP contribution in [0.3, 0.4) is 0 Å². The highest BCUT2D eigenvalue weighted by molar-refractivity contribution is 7.12. The first-order chi connectivity index (χ1) is 16.1. The predicted molar refractivity (Wildman–Crippen MR) is 124 cm³/mol. The van der Waals surface area contributed by atoms with Crippen LogP contribution in [-0.2, 0) is 4.74 Å². The van der Waals surface area contributed by atoms with Gasteiger partial charge in [-0.05, 0) is 18.2 Å². The fourth-order valence-corrected chi connectivity index (χ4v) is 4.16.